The number of hydrogen-bond donors (Lipinski definition) is 1. The number of benzene rings is 3. The van der Waals surface area contributed by atoms with E-state index in [-0.39, 0.29) is 23.0 Å². The van der Waals surface area contributed by atoms with Crippen LogP contribution in [0.5, 0.6) is 17.2 Å². The van der Waals surface area contributed by atoms with E-state index >= 15 is 4.79 Å². The summed E-state index contributed by atoms with van der Waals surface area (Å²) in [5, 5.41) is 4.91. The highest BCUT2D eigenvalue weighted by molar-refractivity contribution is 7.12. The second kappa shape index (κ2) is 10.1. The van der Waals surface area contributed by atoms with Gasteiger partial charge in [0, 0.05) is 17.5 Å². The first kappa shape index (κ1) is 27.0. The molecule has 3 aromatic carbocycles. The van der Waals surface area contributed by atoms with Crippen LogP contribution in [-0.4, -0.2) is 49.7 Å². The molecule has 1 amide bonds. The molecule has 1 N–H and O–H groups in total. The lowest BCUT2D eigenvalue weighted by atomic mass is 9.62. The first-order valence-electron chi connectivity index (χ1n) is 13.8. The topological polar surface area (TPSA) is 94.2 Å². The molecule has 1 spiro atoms. The maximum Gasteiger partial charge on any atom is 0.238 e. The van der Waals surface area contributed by atoms with Gasteiger partial charge in [0.2, 0.25) is 11.7 Å². The Balaban J connectivity index is 1.54. The number of amides is 1. The minimum atomic E-state index is -1.42. The minimum absolute atomic E-state index is 0.219. The van der Waals surface area contributed by atoms with Gasteiger partial charge in [0.25, 0.3) is 0 Å². The first-order chi connectivity index (χ1) is 20.9. The Morgan fingerprint density at radius 1 is 0.884 bits per heavy atom. The summed E-state index contributed by atoms with van der Waals surface area (Å²) in [5.74, 6) is -1.07. The summed E-state index contributed by atoms with van der Waals surface area (Å²) in [6.07, 6.45) is 3.81. The van der Waals surface area contributed by atoms with E-state index in [1.165, 1.54) is 32.7 Å². The number of carbonyl (C=O) groups is 3. The lowest BCUT2D eigenvalue weighted by Crippen LogP contribution is -2.49. The van der Waals surface area contributed by atoms with Gasteiger partial charge in [-0.1, -0.05) is 48.5 Å². The van der Waals surface area contributed by atoms with Crippen molar-refractivity contribution in [3.05, 3.63) is 112 Å². The van der Waals surface area contributed by atoms with Gasteiger partial charge in [-0.05, 0) is 52.4 Å². The van der Waals surface area contributed by atoms with Gasteiger partial charge in [0.1, 0.15) is 11.5 Å². The highest BCUT2D eigenvalue weighted by Gasteiger charge is 2.70. The summed E-state index contributed by atoms with van der Waals surface area (Å²) < 4.78 is 16.7. The Morgan fingerprint density at radius 2 is 1.60 bits per heavy atom. The number of para-hydroxylation sites is 1. The second-order valence-corrected chi connectivity index (χ2v) is 11.7. The lowest BCUT2D eigenvalue weighted by molar-refractivity contribution is -0.122. The molecule has 216 valence electrons. The number of fused-ring (bicyclic) bond motifs is 6. The molecule has 43 heavy (non-hydrogen) atoms. The van der Waals surface area contributed by atoms with Gasteiger partial charge < -0.3 is 24.4 Å². The van der Waals surface area contributed by atoms with Crippen molar-refractivity contribution in [1.82, 2.24) is 4.90 Å². The van der Waals surface area contributed by atoms with E-state index in [4.69, 9.17) is 14.2 Å². The molecule has 0 saturated carbocycles. The Kier molecular flexibility index (Phi) is 6.36. The number of carbonyl (C=O) groups excluding carboxylic acids is 3. The van der Waals surface area contributed by atoms with Gasteiger partial charge >= 0.3 is 0 Å². The van der Waals surface area contributed by atoms with Crippen LogP contribution in [0.15, 0.2) is 84.4 Å². The Labute approximate surface area is 252 Å². The van der Waals surface area contributed by atoms with Gasteiger partial charge in [-0.25, -0.2) is 0 Å². The maximum absolute atomic E-state index is 15.1. The molecule has 3 aliphatic heterocycles. The Hall–Kier alpha value is -4.89. The van der Waals surface area contributed by atoms with Crippen LogP contribution in [0.1, 0.15) is 42.8 Å². The summed E-state index contributed by atoms with van der Waals surface area (Å²) >= 11 is 1.32. The monoisotopic (exact) mass is 592 g/mol. The molecule has 0 radical (unpaired) electrons. The summed E-state index contributed by atoms with van der Waals surface area (Å²) in [6.45, 7) is 0. The number of Topliss-reactive ketones (excluding diaryl/α,β-unsaturated/α-hetero) is 2. The number of ether oxygens (including phenoxy) is 3. The van der Waals surface area contributed by atoms with Crippen LogP contribution in [-0.2, 0) is 10.2 Å². The normalized spacial score (nSPS) is 22.9. The van der Waals surface area contributed by atoms with Crippen molar-refractivity contribution in [2.24, 2.45) is 5.92 Å². The molecule has 4 aromatic rings. The van der Waals surface area contributed by atoms with Crippen molar-refractivity contribution in [3.8, 4) is 17.2 Å². The predicted molar refractivity (Wildman–Crippen MR) is 163 cm³/mol. The summed E-state index contributed by atoms with van der Waals surface area (Å²) in [7, 11) is 4.45. The molecule has 0 bridgehead atoms. The van der Waals surface area contributed by atoms with Crippen LogP contribution < -0.4 is 19.5 Å². The Morgan fingerprint density at radius 3 is 2.30 bits per heavy atom. The molecule has 1 saturated heterocycles. The fourth-order valence-electron chi connectivity index (χ4n) is 7.14. The molecule has 4 heterocycles. The van der Waals surface area contributed by atoms with Gasteiger partial charge in [-0.15, -0.1) is 11.3 Å². The number of anilines is 1. The van der Waals surface area contributed by atoms with Crippen molar-refractivity contribution < 1.29 is 28.6 Å². The SMILES string of the molecule is COc1cc(C(=O)[C@@H]2[C@H](C(=O)c3cccs3)N3C=Cc4ccccc4[C@H]3[C@@]23C(=O)Nc2ccccc23)cc(OC)c1OC. The molecule has 8 nitrogen and oxygen atoms in total. The van der Waals surface area contributed by atoms with E-state index in [0.717, 1.165) is 11.1 Å². The highest BCUT2D eigenvalue weighted by atomic mass is 32.1. The predicted octanol–water partition coefficient (Wildman–Crippen LogP) is 5.76. The molecule has 0 aliphatic carbocycles. The van der Waals surface area contributed by atoms with Crippen molar-refractivity contribution in [2.75, 3.05) is 26.6 Å². The highest BCUT2D eigenvalue weighted by Crippen LogP contribution is 2.62. The summed E-state index contributed by atoms with van der Waals surface area (Å²) in [4.78, 5) is 46.6. The lowest BCUT2D eigenvalue weighted by Gasteiger charge is -2.38. The number of methoxy groups -OCH3 is 3. The van der Waals surface area contributed by atoms with E-state index in [2.05, 4.69) is 5.32 Å². The van der Waals surface area contributed by atoms with E-state index in [1.54, 1.807) is 18.2 Å². The average Bonchev–Trinajstić information content (AvgIpc) is 3.76. The quantitative estimate of drug-likeness (QED) is 0.273. The molecular weight excluding hydrogens is 564 g/mol. The number of ketones is 2. The van der Waals surface area contributed by atoms with Crippen molar-refractivity contribution in [2.45, 2.75) is 17.5 Å². The van der Waals surface area contributed by atoms with Crippen LogP contribution in [0, 0.1) is 5.92 Å². The third-order valence-corrected chi connectivity index (χ3v) is 9.72. The fourth-order valence-corrected chi connectivity index (χ4v) is 7.83. The molecule has 9 heteroatoms. The molecule has 4 atom stereocenters. The zero-order valence-corrected chi connectivity index (χ0v) is 24.5. The molecule has 7 rings (SSSR count). The van der Waals surface area contributed by atoms with Crippen LogP contribution in [0.2, 0.25) is 0 Å². The molecule has 1 aromatic heterocycles. The number of hydrogen-bond acceptors (Lipinski definition) is 8. The average molecular weight is 593 g/mol. The molecule has 1 fully saturated rings. The molecule has 0 unspecified atom stereocenters. The molecular formula is C34H28N2O6S. The minimum Gasteiger partial charge on any atom is -0.493 e. The van der Waals surface area contributed by atoms with E-state index in [1.807, 2.05) is 77.2 Å². The van der Waals surface area contributed by atoms with Crippen LogP contribution in [0.3, 0.4) is 0 Å². The van der Waals surface area contributed by atoms with Gasteiger partial charge in [-0.2, -0.15) is 0 Å². The smallest absolute Gasteiger partial charge is 0.238 e. The third kappa shape index (κ3) is 3.71. The zero-order chi connectivity index (χ0) is 29.9. The summed E-state index contributed by atoms with van der Waals surface area (Å²) in [5.41, 5.74) is 1.95. The number of nitrogens with one attached hydrogen (secondary N) is 1. The first-order valence-corrected chi connectivity index (χ1v) is 14.7. The van der Waals surface area contributed by atoms with E-state index in [9.17, 15) is 9.59 Å². The van der Waals surface area contributed by atoms with Gasteiger partial charge in [-0.3, -0.25) is 14.4 Å². The van der Waals surface area contributed by atoms with E-state index in [0.29, 0.717) is 33.4 Å². The van der Waals surface area contributed by atoms with Gasteiger partial charge in [0.15, 0.2) is 23.1 Å². The van der Waals surface area contributed by atoms with Crippen LogP contribution >= 0.6 is 11.3 Å². The van der Waals surface area contributed by atoms with Crippen LogP contribution in [0.4, 0.5) is 5.69 Å². The van der Waals surface area contributed by atoms with Crippen molar-refractivity contribution in [1.29, 1.82) is 0 Å². The number of nitrogens with zero attached hydrogens (tertiary/aromatic N) is 1. The number of rotatable bonds is 7. The second-order valence-electron chi connectivity index (χ2n) is 10.7. The summed E-state index contributed by atoms with van der Waals surface area (Å²) in [6, 6.07) is 20.4. The zero-order valence-electron chi connectivity index (χ0n) is 23.7. The van der Waals surface area contributed by atoms with Gasteiger partial charge in [0.05, 0.1) is 38.2 Å². The fraction of sp³-hybridized carbons (Fsp3) is 0.206. The third-order valence-electron chi connectivity index (χ3n) is 8.83. The Bertz CT molecular complexity index is 1790. The standard InChI is InChI=1S/C34H28N2O6S/c1-40-24-17-20(18-25(41-2)31(24)42-3)29(37)27-28(30(38)26-13-8-16-43-26)36-15-14-19-9-4-5-10-21(19)32(36)34(27)22-11-6-7-12-23(22)35-33(34)39/h4-18,27-28,32H,1-3H3,(H,35,39)/t27-,28+,32-,34-/m0/s1. The van der Waals surface area contributed by atoms with Crippen LogP contribution in [0.25, 0.3) is 6.08 Å². The van der Waals surface area contributed by atoms with Crippen molar-refractivity contribution >= 4 is 40.6 Å². The number of thiophene rings is 1. The van der Waals surface area contributed by atoms with Crippen molar-refractivity contribution in [3.63, 3.8) is 0 Å². The maximum atomic E-state index is 15.1. The van der Waals surface area contributed by atoms with E-state index < -0.39 is 23.4 Å². The molecule has 3 aliphatic rings. The largest absolute Gasteiger partial charge is 0.493 e.